The Hall–Kier alpha value is -2.26. The lowest BCUT2D eigenvalue weighted by molar-refractivity contribution is -0.126. The highest BCUT2D eigenvalue weighted by atomic mass is 35.5. The summed E-state index contributed by atoms with van der Waals surface area (Å²) in [5.41, 5.74) is 1.92. The number of hydrogen-bond acceptors (Lipinski definition) is 7. The average molecular weight is 535 g/mol. The van der Waals surface area contributed by atoms with E-state index in [2.05, 4.69) is 20.4 Å². The number of carbonyl (C=O) groups excluding carboxylic acids is 1. The summed E-state index contributed by atoms with van der Waals surface area (Å²) in [6.45, 7) is 2.74. The molecule has 4 rings (SSSR count). The standard InChI is InChI=1S/C25H28Cl2N4O3S/c1-33-21-8-5-17(6-9-21)24-29-23(34-30-24)15-31-11-2-3-18(14-31)25(32)28-10-12-35-16-19-4-7-20(26)13-22(19)27/h4-9,13,18H,2-3,10-12,14-16H2,1H3,(H,28,32). The Kier molecular flexibility index (Phi) is 9.31. The van der Waals surface area contributed by atoms with Crippen molar-refractivity contribution in [2.75, 3.05) is 32.5 Å². The van der Waals surface area contributed by atoms with E-state index in [1.165, 1.54) is 0 Å². The Morgan fingerprint density at radius 1 is 1.26 bits per heavy atom. The molecule has 1 unspecified atom stereocenters. The molecule has 0 radical (unpaired) electrons. The Morgan fingerprint density at radius 2 is 2.09 bits per heavy atom. The van der Waals surface area contributed by atoms with Crippen LogP contribution in [0.5, 0.6) is 5.75 Å². The fourth-order valence-electron chi connectivity index (χ4n) is 3.99. The average Bonchev–Trinajstić information content (AvgIpc) is 3.33. The summed E-state index contributed by atoms with van der Waals surface area (Å²) < 4.78 is 10.7. The number of nitrogens with one attached hydrogen (secondary N) is 1. The van der Waals surface area contributed by atoms with Crippen LogP contribution in [0.4, 0.5) is 0 Å². The van der Waals surface area contributed by atoms with Crippen LogP contribution in [-0.2, 0) is 17.1 Å². The normalized spacial score (nSPS) is 16.3. The predicted octanol–water partition coefficient (Wildman–Crippen LogP) is 5.31. The monoisotopic (exact) mass is 534 g/mol. The zero-order chi connectivity index (χ0) is 24.6. The molecule has 1 aliphatic rings. The molecule has 2 aromatic carbocycles. The molecule has 2 heterocycles. The summed E-state index contributed by atoms with van der Waals surface area (Å²) >= 11 is 13.9. The zero-order valence-electron chi connectivity index (χ0n) is 19.5. The number of rotatable bonds is 10. The molecule has 35 heavy (non-hydrogen) atoms. The second kappa shape index (κ2) is 12.6. The van der Waals surface area contributed by atoms with Gasteiger partial charge in [0.2, 0.25) is 17.6 Å². The molecule has 7 nitrogen and oxygen atoms in total. The highest BCUT2D eigenvalue weighted by molar-refractivity contribution is 7.98. The van der Waals surface area contributed by atoms with Crippen molar-refractivity contribution in [3.05, 3.63) is 64.0 Å². The molecule has 186 valence electrons. The number of carbonyl (C=O) groups is 1. The molecule has 0 aliphatic carbocycles. The number of piperidine rings is 1. The number of amides is 1. The lowest BCUT2D eigenvalue weighted by atomic mass is 9.97. The van der Waals surface area contributed by atoms with Gasteiger partial charge in [0.25, 0.3) is 0 Å². The molecule has 1 saturated heterocycles. The van der Waals surface area contributed by atoms with Crippen LogP contribution >= 0.6 is 35.0 Å². The first-order chi connectivity index (χ1) is 17.0. The fraction of sp³-hybridized carbons (Fsp3) is 0.400. The molecule has 1 aromatic heterocycles. The highest BCUT2D eigenvalue weighted by Crippen LogP contribution is 2.25. The minimum absolute atomic E-state index is 0.0385. The molecule has 3 aromatic rings. The van der Waals surface area contributed by atoms with Crippen molar-refractivity contribution in [2.24, 2.45) is 5.92 Å². The van der Waals surface area contributed by atoms with Gasteiger partial charge in [-0.15, -0.1) is 0 Å². The van der Waals surface area contributed by atoms with E-state index >= 15 is 0 Å². The van der Waals surface area contributed by atoms with Crippen molar-refractivity contribution >= 4 is 40.9 Å². The lowest BCUT2D eigenvalue weighted by Gasteiger charge is -2.30. The van der Waals surface area contributed by atoms with Crippen molar-refractivity contribution in [3.8, 4) is 17.1 Å². The van der Waals surface area contributed by atoms with Crippen molar-refractivity contribution in [1.82, 2.24) is 20.4 Å². The molecule has 1 amide bonds. The summed E-state index contributed by atoms with van der Waals surface area (Å²) in [6, 6.07) is 13.1. The van der Waals surface area contributed by atoms with E-state index in [1.54, 1.807) is 24.9 Å². The minimum atomic E-state index is -0.0385. The number of methoxy groups -OCH3 is 1. The molecule has 1 fully saturated rings. The van der Waals surface area contributed by atoms with Crippen molar-refractivity contribution in [2.45, 2.75) is 25.1 Å². The predicted molar refractivity (Wildman–Crippen MR) is 140 cm³/mol. The van der Waals surface area contributed by atoms with Crippen LogP contribution in [0.1, 0.15) is 24.3 Å². The van der Waals surface area contributed by atoms with E-state index in [0.717, 1.165) is 47.8 Å². The van der Waals surface area contributed by atoms with Crippen LogP contribution < -0.4 is 10.1 Å². The quantitative estimate of drug-likeness (QED) is 0.352. The second-order valence-electron chi connectivity index (χ2n) is 8.39. The summed E-state index contributed by atoms with van der Waals surface area (Å²) in [5, 5.41) is 8.49. The molecule has 0 spiro atoms. The van der Waals surface area contributed by atoms with Crippen molar-refractivity contribution in [3.63, 3.8) is 0 Å². The van der Waals surface area contributed by atoms with Crippen LogP contribution in [0.15, 0.2) is 47.0 Å². The lowest BCUT2D eigenvalue weighted by Crippen LogP contribution is -2.43. The zero-order valence-corrected chi connectivity index (χ0v) is 21.8. The maximum Gasteiger partial charge on any atom is 0.241 e. The maximum absolute atomic E-state index is 12.7. The molecule has 10 heteroatoms. The van der Waals surface area contributed by atoms with Crippen LogP contribution in [0, 0.1) is 5.92 Å². The summed E-state index contributed by atoms with van der Waals surface area (Å²) in [5.74, 6) is 3.54. The van der Waals surface area contributed by atoms with Gasteiger partial charge in [0, 0.05) is 40.2 Å². The van der Waals surface area contributed by atoms with Gasteiger partial charge in [0.15, 0.2) is 0 Å². The first kappa shape index (κ1) is 25.8. The van der Waals surface area contributed by atoms with Crippen molar-refractivity contribution < 1.29 is 14.1 Å². The van der Waals surface area contributed by atoms with Crippen LogP contribution in [0.3, 0.4) is 0 Å². The third-order valence-corrected chi connectivity index (χ3v) is 7.46. The first-order valence-corrected chi connectivity index (χ1v) is 13.4. The Labute approximate surface area is 219 Å². The van der Waals surface area contributed by atoms with Crippen LogP contribution in [-0.4, -0.2) is 53.4 Å². The molecule has 1 aliphatic heterocycles. The van der Waals surface area contributed by atoms with Gasteiger partial charge in [0.1, 0.15) is 5.75 Å². The number of aromatic nitrogens is 2. The number of thioether (sulfide) groups is 1. The third kappa shape index (κ3) is 7.36. The third-order valence-electron chi connectivity index (χ3n) is 5.87. The van der Waals surface area contributed by atoms with Crippen molar-refractivity contribution in [1.29, 1.82) is 0 Å². The smallest absolute Gasteiger partial charge is 0.241 e. The topological polar surface area (TPSA) is 80.5 Å². The molecule has 0 bridgehead atoms. The number of halogens is 2. The van der Waals surface area contributed by atoms with Crippen LogP contribution in [0.2, 0.25) is 10.0 Å². The summed E-state index contributed by atoms with van der Waals surface area (Å²) in [6.07, 6.45) is 1.85. The van der Waals surface area contributed by atoms with E-state index in [0.29, 0.717) is 41.4 Å². The first-order valence-electron chi connectivity index (χ1n) is 11.5. The summed E-state index contributed by atoms with van der Waals surface area (Å²) in [7, 11) is 1.63. The number of benzene rings is 2. The van der Waals surface area contributed by atoms with E-state index in [-0.39, 0.29) is 11.8 Å². The Morgan fingerprint density at radius 3 is 2.86 bits per heavy atom. The molecule has 1 N–H and O–H groups in total. The van der Waals surface area contributed by atoms with E-state index in [1.807, 2.05) is 36.4 Å². The molecule has 1 atom stereocenters. The molecular weight excluding hydrogens is 507 g/mol. The summed E-state index contributed by atoms with van der Waals surface area (Å²) in [4.78, 5) is 19.4. The maximum atomic E-state index is 12.7. The minimum Gasteiger partial charge on any atom is -0.497 e. The van der Waals surface area contributed by atoms with E-state index in [9.17, 15) is 4.79 Å². The van der Waals surface area contributed by atoms with Gasteiger partial charge in [-0.3, -0.25) is 9.69 Å². The number of hydrogen-bond donors (Lipinski definition) is 1. The second-order valence-corrected chi connectivity index (χ2v) is 10.3. The number of nitrogens with zero attached hydrogens (tertiary/aromatic N) is 3. The van der Waals surface area contributed by atoms with Crippen LogP contribution in [0.25, 0.3) is 11.4 Å². The van der Waals surface area contributed by atoms with Gasteiger partial charge in [-0.1, -0.05) is 34.4 Å². The Balaban J connectivity index is 1.20. The van der Waals surface area contributed by atoms with Gasteiger partial charge in [-0.25, -0.2) is 0 Å². The van der Waals surface area contributed by atoms with Gasteiger partial charge in [-0.05, 0) is 61.3 Å². The van der Waals surface area contributed by atoms with Gasteiger partial charge < -0.3 is 14.6 Å². The van der Waals surface area contributed by atoms with E-state index < -0.39 is 0 Å². The SMILES string of the molecule is COc1ccc(-c2noc(CN3CCCC(C(=O)NCCSCc4ccc(Cl)cc4Cl)C3)n2)cc1. The number of ether oxygens (including phenoxy) is 1. The molecular formula is C25H28Cl2N4O3S. The Bertz CT molecular complexity index is 1130. The van der Waals surface area contributed by atoms with Gasteiger partial charge in [-0.2, -0.15) is 16.7 Å². The largest absolute Gasteiger partial charge is 0.497 e. The van der Waals surface area contributed by atoms with E-state index in [4.69, 9.17) is 32.5 Å². The van der Waals surface area contributed by atoms with Gasteiger partial charge in [0.05, 0.1) is 19.6 Å². The highest BCUT2D eigenvalue weighted by Gasteiger charge is 2.26. The molecule has 0 saturated carbocycles. The number of likely N-dealkylation sites (tertiary alicyclic amines) is 1. The van der Waals surface area contributed by atoms with Gasteiger partial charge >= 0.3 is 0 Å². The fourth-order valence-corrected chi connectivity index (χ4v) is 5.41.